The monoisotopic (exact) mass is 427 g/mol. The van der Waals surface area contributed by atoms with Crippen molar-refractivity contribution in [1.82, 2.24) is 9.78 Å². The summed E-state index contributed by atoms with van der Waals surface area (Å²) in [7, 11) is -2.11. The maximum absolute atomic E-state index is 12.7. The summed E-state index contributed by atoms with van der Waals surface area (Å²) in [6.45, 7) is 3.31. The number of anilines is 1. The van der Waals surface area contributed by atoms with Gasteiger partial charge in [0.2, 0.25) is 10.0 Å². The summed E-state index contributed by atoms with van der Waals surface area (Å²) in [4.78, 5) is 24.3. The third-order valence-electron chi connectivity index (χ3n) is 4.48. The van der Waals surface area contributed by atoms with E-state index >= 15 is 0 Å². The molecule has 0 aliphatic carbocycles. The van der Waals surface area contributed by atoms with Gasteiger partial charge in [0.15, 0.2) is 0 Å². The Bertz CT molecular complexity index is 1250. The van der Waals surface area contributed by atoms with E-state index in [2.05, 4.69) is 14.6 Å². The van der Waals surface area contributed by atoms with Gasteiger partial charge in [-0.25, -0.2) is 13.2 Å². The number of hydrogen-bond donors (Lipinski definition) is 1. The van der Waals surface area contributed by atoms with Crippen molar-refractivity contribution in [2.75, 3.05) is 17.6 Å². The zero-order chi connectivity index (χ0) is 21.9. The van der Waals surface area contributed by atoms with Gasteiger partial charge in [-0.1, -0.05) is 12.1 Å². The van der Waals surface area contributed by atoms with Crippen LogP contribution in [0.4, 0.5) is 5.69 Å². The van der Waals surface area contributed by atoms with E-state index in [1.807, 2.05) is 0 Å². The van der Waals surface area contributed by atoms with Crippen molar-refractivity contribution in [3.8, 4) is 16.8 Å². The van der Waals surface area contributed by atoms with Crippen molar-refractivity contribution in [3.05, 3.63) is 76.2 Å². The molecular formula is C21H21N3O5S. The first-order chi connectivity index (χ1) is 14.2. The lowest BCUT2D eigenvalue weighted by molar-refractivity contribution is 0.0600. The van der Waals surface area contributed by atoms with E-state index in [1.165, 1.54) is 17.9 Å². The summed E-state index contributed by atoms with van der Waals surface area (Å²) in [5.41, 5.74) is 2.78. The number of hydrogen-bond acceptors (Lipinski definition) is 6. The predicted molar refractivity (Wildman–Crippen MR) is 114 cm³/mol. The Hall–Kier alpha value is -3.46. The Kier molecular flexibility index (Phi) is 6.02. The van der Waals surface area contributed by atoms with Crippen LogP contribution in [0, 0.1) is 6.92 Å². The van der Waals surface area contributed by atoms with Crippen LogP contribution in [-0.4, -0.2) is 37.0 Å². The van der Waals surface area contributed by atoms with Gasteiger partial charge in [-0.2, -0.15) is 9.78 Å². The molecule has 0 spiro atoms. The van der Waals surface area contributed by atoms with Gasteiger partial charge < -0.3 is 4.74 Å². The van der Waals surface area contributed by atoms with Gasteiger partial charge in [0.25, 0.3) is 5.56 Å². The van der Waals surface area contributed by atoms with Crippen molar-refractivity contribution < 1.29 is 17.9 Å². The third-order valence-corrected chi connectivity index (χ3v) is 5.78. The Labute approximate surface area is 174 Å². The summed E-state index contributed by atoms with van der Waals surface area (Å²) in [5, 5.41) is 4.38. The number of rotatable bonds is 6. The summed E-state index contributed by atoms with van der Waals surface area (Å²) >= 11 is 0. The van der Waals surface area contributed by atoms with E-state index in [4.69, 9.17) is 0 Å². The lowest BCUT2D eigenvalue weighted by Gasteiger charge is -2.12. The number of aryl methyl sites for hydroxylation is 1. The number of methoxy groups -OCH3 is 1. The minimum Gasteiger partial charge on any atom is -0.465 e. The summed E-state index contributed by atoms with van der Waals surface area (Å²) < 4.78 is 32.0. The highest BCUT2D eigenvalue weighted by Gasteiger charge is 2.12. The first-order valence-corrected chi connectivity index (χ1v) is 10.8. The standard InChI is InChI=1S/C21H21N3O5S/c1-4-30(27,28)23-17-7-5-6-16(12-17)19-13-20(25)24(22-14(19)2)18-10-8-15(9-11-18)21(26)29-3/h5-13,23H,4H2,1-3H3. The van der Waals surface area contributed by atoms with E-state index in [-0.39, 0.29) is 11.3 Å². The molecule has 0 saturated heterocycles. The molecule has 0 atom stereocenters. The summed E-state index contributed by atoms with van der Waals surface area (Å²) in [6, 6.07) is 14.6. The molecule has 1 aromatic heterocycles. The van der Waals surface area contributed by atoms with Crippen LogP contribution in [0.1, 0.15) is 23.0 Å². The minimum atomic E-state index is -3.41. The number of aromatic nitrogens is 2. The van der Waals surface area contributed by atoms with Crippen LogP contribution in [0.3, 0.4) is 0 Å². The third kappa shape index (κ3) is 4.57. The second-order valence-corrected chi connectivity index (χ2v) is 8.53. The molecule has 1 heterocycles. The topological polar surface area (TPSA) is 107 Å². The quantitative estimate of drug-likeness (QED) is 0.606. The molecule has 0 fully saturated rings. The molecule has 0 unspecified atom stereocenters. The second-order valence-electron chi connectivity index (χ2n) is 6.52. The normalized spacial score (nSPS) is 11.2. The Morgan fingerprint density at radius 3 is 2.47 bits per heavy atom. The minimum absolute atomic E-state index is 0.0391. The summed E-state index contributed by atoms with van der Waals surface area (Å²) in [6.07, 6.45) is 0. The number of nitrogens with zero attached hydrogens (tertiary/aromatic N) is 2. The molecule has 1 N–H and O–H groups in total. The zero-order valence-electron chi connectivity index (χ0n) is 16.7. The van der Waals surface area contributed by atoms with Crippen molar-refractivity contribution in [2.24, 2.45) is 0 Å². The average Bonchev–Trinajstić information content (AvgIpc) is 2.74. The van der Waals surface area contributed by atoms with E-state index in [0.717, 1.165) is 0 Å². The fourth-order valence-corrected chi connectivity index (χ4v) is 3.51. The molecule has 3 aromatic rings. The van der Waals surface area contributed by atoms with Crippen molar-refractivity contribution in [3.63, 3.8) is 0 Å². The predicted octanol–water partition coefficient (Wildman–Crippen LogP) is 2.76. The van der Waals surface area contributed by atoms with Gasteiger partial charge in [0.05, 0.1) is 29.8 Å². The average molecular weight is 427 g/mol. The highest BCUT2D eigenvalue weighted by atomic mass is 32.2. The highest BCUT2D eigenvalue weighted by Crippen LogP contribution is 2.24. The number of benzene rings is 2. The van der Waals surface area contributed by atoms with Gasteiger partial charge in [-0.3, -0.25) is 9.52 Å². The number of ether oxygens (including phenoxy) is 1. The maximum atomic E-state index is 12.7. The number of nitrogens with one attached hydrogen (secondary N) is 1. The first-order valence-electron chi connectivity index (χ1n) is 9.14. The molecule has 2 aromatic carbocycles. The molecule has 156 valence electrons. The van der Waals surface area contributed by atoms with E-state index in [0.29, 0.717) is 33.8 Å². The van der Waals surface area contributed by atoms with E-state index in [1.54, 1.807) is 62.4 Å². The van der Waals surface area contributed by atoms with E-state index < -0.39 is 16.0 Å². The fraction of sp³-hybridized carbons (Fsp3) is 0.190. The van der Waals surface area contributed by atoms with Gasteiger partial charge in [0, 0.05) is 17.3 Å². The number of esters is 1. The lowest BCUT2D eigenvalue weighted by atomic mass is 10.0. The van der Waals surface area contributed by atoms with Crippen LogP contribution in [-0.2, 0) is 14.8 Å². The van der Waals surface area contributed by atoms with Crippen molar-refractivity contribution >= 4 is 21.7 Å². The molecular weight excluding hydrogens is 406 g/mol. The lowest BCUT2D eigenvalue weighted by Crippen LogP contribution is -2.22. The zero-order valence-corrected chi connectivity index (χ0v) is 17.6. The van der Waals surface area contributed by atoms with Gasteiger partial charge >= 0.3 is 5.97 Å². The molecule has 0 amide bonds. The smallest absolute Gasteiger partial charge is 0.337 e. The first kappa shape index (κ1) is 21.3. The number of carbonyl (C=O) groups is 1. The molecule has 0 radical (unpaired) electrons. The van der Waals surface area contributed by atoms with Crippen LogP contribution in [0.25, 0.3) is 16.8 Å². The molecule has 8 nitrogen and oxygen atoms in total. The fourth-order valence-electron chi connectivity index (χ4n) is 2.88. The highest BCUT2D eigenvalue weighted by molar-refractivity contribution is 7.92. The van der Waals surface area contributed by atoms with Gasteiger partial charge in [-0.15, -0.1) is 0 Å². The number of sulfonamides is 1. The van der Waals surface area contributed by atoms with Gasteiger partial charge in [0.1, 0.15) is 0 Å². The molecule has 30 heavy (non-hydrogen) atoms. The molecule has 0 aliphatic rings. The summed E-state index contributed by atoms with van der Waals surface area (Å²) in [5.74, 6) is -0.505. The van der Waals surface area contributed by atoms with Gasteiger partial charge in [-0.05, 0) is 55.8 Å². The van der Waals surface area contributed by atoms with Crippen LogP contribution in [0.2, 0.25) is 0 Å². The Morgan fingerprint density at radius 1 is 1.13 bits per heavy atom. The molecule has 9 heteroatoms. The Balaban J connectivity index is 1.98. The molecule has 0 aliphatic heterocycles. The van der Waals surface area contributed by atoms with Crippen LogP contribution >= 0.6 is 0 Å². The number of carbonyl (C=O) groups excluding carboxylic acids is 1. The van der Waals surface area contributed by atoms with E-state index in [9.17, 15) is 18.0 Å². The molecule has 0 bridgehead atoms. The van der Waals surface area contributed by atoms with Crippen LogP contribution in [0.5, 0.6) is 0 Å². The van der Waals surface area contributed by atoms with Crippen molar-refractivity contribution in [2.45, 2.75) is 13.8 Å². The SMILES string of the molecule is CCS(=O)(=O)Nc1cccc(-c2cc(=O)n(-c3ccc(C(=O)OC)cc3)nc2C)c1. The van der Waals surface area contributed by atoms with Crippen LogP contribution in [0.15, 0.2) is 59.4 Å². The maximum Gasteiger partial charge on any atom is 0.337 e. The largest absolute Gasteiger partial charge is 0.465 e. The Morgan fingerprint density at radius 2 is 1.83 bits per heavy atom. The van der Waals surface area contributed by atoms with Crippen LogP contribution < -0.4 is 10.3 Å². The van der Waals surface area contributed by atoms with Crippen molar-refractivity contribution in [1.29, 1.82) is 0 Å². The molecule has 3 rings (SSSR count). The second kappa shape index (κ2) is 8.50. The molecule has 0 saturated carbocycles.